The van der Waals surface area contributed by atoms with E-state index in [2.05, 4.69) is 10.6 Å². The number of ether oxygens (including phenoxy) is 1. The first-order chi connectivity index (χ1) is 13.5. The van der Waals surface area contributed by atoms with Gasteiger partial charge in [0.15, 0.2) is 6.10 Å². The Hall–Kier alpha value is -3.19. The van der Waals surface area contributed by atoms with Gasteiger partial charge in [-0.25, -0.2) is 0 Å². The van der Waals surface area contributed by atoms with E-state index in [9.17, 15) is 14.4 Å². The van der Waals surface area contributed by atoms with E-state index in [1.165, 1.54) is 18.3 Å². The molecule has 0 saturated carbocycles. The smallest absolute Gasteiger partial charge is 0.308 e. The number of benzene rings is 2. The van der Waals surface area contributed by atoms with Crippen LogP contribution in [0.2, 0.25) is 0 Å². The Balaban J connectivity index is 1.45. The van der Waals surface area contributed by atoms with Crippen molar-refractivity contribution in [2.45, 2.75) is 19.4 Å². The van der Waals surface area contributed by atoms with Crippen LogP contribution in [0, 0.1) is 0 Å². The van der Waals surface area contributed by atoms with Crippen molar-refractivity contribution in [2.24, 2.45) is 0 Å². The molecule has 0 aliphatic carbocycles. The summed E-state index contributed by atoms with van der Waals surface area (Å²) in [5, 5.41) is 11.0. The Morgan fingerprint density at radius 1 is 1.07 bits per heavy atom. The van der Waals surface area contributed by atoms with Gasteiger partial charge in [-0.1, -0.05) is 30.3 Å². The largest absolute Gasteiger partial charge is 0.452 e. The lowest BCUT2D eigenvalue weighted by Gasteiger charge is -2.14. The molecule has 7 heteroatoms. The molecule has 0 fully saturated rings. The number of carbonyl (C=O) groups is 3. The summed E-state index contributed by atoms with van der Waals surface area (Å²) >= 11 is 1.42. The fourth-order valence-corrected chi connectivity index (χ4v) is 3.23. The lowest BCUT2D eigenvalue weighted by molar-refractivity contribution is -0.153. The van der Waals surface area contributed by atoms with Gasteiger partial charge in [-0.2, -0.15) is 11.3 Å². The molecule has 2 amide bonds. The highest BCUT2D eigenvalue weighted by molar-refractivity contribution is 7.08. The van der Waals surface area contributed by atoms with Crippen molar-refractivity contribution in [3.8, 4) is 0 Å². The number of thiophene rings is 1. The molecule has 0 aliphatic heterocycles. The van der Waals surface area contributed by atoms with Crippen LogP contribution in [0.15, 0.2) is 59.3 Å². The van der Waals surface area contributed by atoms with Crippen LogP contribution in [0.25, 0.3) is 10.8 Å². The molecule has 6 nitrogen and oxygen atoms in total. The Morgan fingerprint density at radius 2 is 1.86 bits per heavy atom. The summed E-state index contributed by atoms with van der Waals surface area (Å²) in [6, 6.07) is 15.1. The zero-order valence-electron chi connectivity index (χ0n) is 15.3. The third-order valence-corrected chi connectivity index (χ3v) is 4.78. The molecule has 1 atom stereocenters. The van der Waals surface area contributed by atoms with Gasteiger partial charge in [-0.3, -0.25) is 14.4 Å². The fraction of sp³-hybridized carbons (Fsp3) is 0.190. The third-order valence-electron chi connectivity index (χ3n) is 4.09. The van der Waals surface area contributed by atoms with Gasteiger partial charge in [0.1, 0.15) is 0 Å². The number of esters is 1. The summed E-state index contributed by atoms with van der Waals surface area (Å²) in [6.07, 6.45) is -0.949. The van der Waals surface area contributed by atoms with Crippen LogP contribution in [0.5, 0.6) is 0 Å². The Bertz CT molecular complexity index is 985. The van der Waals surface area contributed by atoms with Crippen LogP contribution >= 0.6 is 11.3 Å². The molecule has 1 heterocycles. The number of carbonyl (C=O) groups excluding carboxylic acids is 3. The normalized spacial score (nSPS) is 11.6. The zero-order chi connectivity index (χ0) is 19.9. The van der Waals surface area contributed by atoms with Crippen LogP contribution in [-0.2, 0) is 14.3 Å². The molecule has 2 N–H and O–H groups in total. The molecule has 3 rings (SSSR count). The van der Waals surface area contributed by atoms with E-state index >= 15 is 0 Å². The fourth-order valence-electron chi connectivity index (χ4n) is 2.59. The highest BCUT2D eigenvalue weighted by Gasteiger charge is 2.18. The number of nitrogens with one attached hydrogen (secondary N) is 2. The standard InChI is InChI=1S/C21H20N2O4S/c1-14(27-19(24)8-10-22-21(26)17-9-11-28-13-17)20(25)23-18-7-6-15-4-2-3-5-16(15)12-18/h2-7,9,11-14H,8,10H2,1H3,(H,22,26)(H,23,25). The maximum atomic E-state index is 12.3. The van der Waals surface area contributed by atoms with Gasteiger partial charge in [0, 0.05) is 23.2 Å². The number of amides is 2. The van der Waals surface area contributed by atoms with Crippen molar-refractivity contribution in [1.29, 1.82) is 0 Å². The first-order valence-electron chi connectivity index (χ1n) is 8.82. The van der Waals surface area contributed by atoms with Crippen LogP contribution < -0.4 is 10.6 Å². The molecule has 3 aromatic rings. The summed E-state index contributed by atoms with van der Waals surface area (Å²) in [6.45, 7) is 1.66. The number of hydrogen-bond donors (Lipinski definition) is 2. The van der Waals surface area contributed by atoms with Gasteiger partial charge in [0.25, 0.3) is 11.8 Å². The minimum absolute atomic E-state index is 0.0104. The molecule has 28 heavy (non-hydrogen) atoms. The second-order valence-electron chi connectivity index (χ2n) is 6.20. The van der Waals surface area contributed by atoms with E-state index in [1.807, 2.05) is 36.4 Å². The molecule has 0 spiro atoms. The summed E-state index contributed by atoms with van der Waals surface area (Å²) in [5.41, 5.74) is 1.19. The maximum absolute atomic E-state index is 12.3. The zero-order valence-corrected chi connectivity index (χ0v) is 16.1. The van der Waals surface area contributed by atoms with Crippen LogP contribution in [0.1, 0.15) is 23.7 Å². The van der Waals surface area contributed by atoms with E-state index in [0.717, 1.165) is 10.8 Å². The lowest BCUT2D eigenvalue weighted by atomic mass is 10.1. The van der Waals surface area contributed by atoms with Gasteiger partial charge < -0.3 is 15.4 Å². The molecule has 144 valence electrons. The average molecular weight is 396 g/mol. The number of rotatable bonds is 7. The van der Waals surface area contributed by atoms with E-state index in [4.69, 9.17) is 4.74 Å². The van der Waals surface area contributed by atoms with Crippen molar-refractivity contribution >= 4 is 45.6 Å². The van der Waals surface area contributed by atoms with Crippen molar-refractivity contribution in [1.82, 2.24) is 5.32 Å². The molecule has 0 aliphatic rings. The van der Waals surface area contributed by atoms with Crippen LogP contribution in [0.3, 0.4) is 0 Å². The predicted molar refractivity (Wildman–Crippen MR) is 109 cm³/mol. The van der Waals surface area contributed by atoms with Crippen LogP contribution in [0.4, 0.5) is 5.69 Å². The highest BCUT2D eigenvalue weighted by Crippen LogP contribution is 2.19. The predicted octanol–water partition coefficient (Wildman–Crippen LogP) is 3.59. The van der Waals surface area contributed by atoms with Crippen molar-refractivity contribution in [2.75, 3.05) is 11.9 Å². The minimum Gasteiger partial charge on any atom is -0.452 e. The second-order valence-corrected chi connectivity index (χ2v) is 6.98. The van der Waals surface area contributed by atoms with Gasteiger partial charge >= 0.3 is 5.97 Å². The van der Waals surface area contributed by atoms with Crippen molar-refractivity contribution in [3.05, 3.63) is 64.9 Å². The molecule has 0 saturated heterocycles. The monoisotopic (exact) mass is 396 g/mol. The third kappa shape index (κ3) is 5.17. The molecular weight excluding hydrogens is 376 g/mol. The quantitative estimate of drug-likeness (QED) is 0.598. The second kappa shape index (κ2) is 9.14. The Labute approximate surface area is 166 Å². The highest BCUT2D eigenvalue weighted by atomic mass is 32.1. The molecule has 1 aromatic heterocycles. The number of fused-ring (bicyclic) bond motifs is 1. The Morgan fingerprint density at radius 3 is 2.61 bits per heavy atom. The summed E-state index contributed by atoms with van der Waals surface area (Å²) in [4.78, 5) is 36.0. The van der Waals surface area contributed by atoms with Gasteiger partial charge in [0.05, 0.1) is 6.42 Å². The number of anilines is 1. The summed E-state index contributed by atoms with van der Waals surface area (Å²) in [7, 11) is 0. The molecular formula is C21H20N2O4S. The SMILES string of the molecule is CC(OC(=O)CCNC(=O)c1ccsc1)C(=O)Nc1ccc2ccccc2c1. The molecule has 1 unspecified atom stereocenters. The van der Waals surface area contributed by atoms with Crippen molar-refractivity contribution in [3.63, 3.8) is 0 Å². The van der Waals surface area contributed by atoms with E-state index in [0.29, 0.717) is 11.3 Å². The van der Waals surface area contributed by atoms with Crippen LogP contribution in [-0.4, -0.2) is 30.4 Å². The summed E-state index contributed by atoms with van der Waals surface area (Å²) in [5.74, 6) is -1.20. The van der Waals surface area contributed by atoms with Gasteiger partial charge in [-0.05, 0) is 41.3 Å². The molecule has 0 radical (unpaired) electrons. The van der Waals surface area contributed by atoms with Crippen molar-refractivity contribution < 1.29 is 19.1 Å². The maximum Gasteiger partial charge on any atom is 0.308 e. The van der Waals surface area contributed by atoms with Gasteiger partial charge in [-0.15, -0.1) is 0 Å². The van der Waals surface area contributed by atoms with E-state index < -0.39 is 18.0 Å². The molecule has 0 bridgehead atoms. The Kier molecular flexibility index (Phi) is 6.39. The van der Waals surface area contributed by atoms with E-state index in [-0.39, 0.29) is 18.9 Å². The van der Waals surface area contributed by atoms with E-state index in [1.54, 1.807) is 22.9 Å². The summed E-state index contributed by atoms with van der Waals surface area (Å²) < 4.78 is 5.14. The minimum atomic E-state index is -0.938. The first kappa shape index (κ1) is 19.6. The number of hydrogen-bond acceptors (Lipinski definition) is 5. The first-order valence-corrected chi connectivity index (χ1v) is 9.77. The average Bonchev–Trinajstić information content (AvgIpc) is 3.22. The van der Waals surface area contributed by atoms with Gasteiger partial charge in [0.2, 0.25) is 0 Å². The topological polar surface area (TPSA) is 84.5 Å². The lowest BCUT2D eigenvalue weighted by Crippen LogP contribution is -2.32. The molecule has 2 aromatic carbocycles.